The summed E-state index contributed by atoms with van der Waals surface area (Å²) in [4.78, 5) is 49.8. The molecule has 0 aliphatic rings. The van der Waals surface area contributed by atoms with Gasteiger partial charge in [-0.3, -0.25) is 19.2 Å². The molecule has 0 rings (SSSR count). The first-order chi connectivity index (χ1) is 42.1. The highest BCUT2D eigenvalue weighted by Gasteiger charge is 2.23. The number of carbonyl (C=O) groups excluding carboxylic acids is 4. The standard InChI is InChI=1S/C41H76O4.C37H72O4/c1-4-6-8-10-12-14-16-18-20-22-24-26-28-30-32-34-36-44-40(42)38-39(3)41(43)45-37-35-33-31-29-27-25-23-21-19-17-15-13-11-9-7-5-2;1-6-10-14-18-20-24-28-34(26-22-16-12-8-3)31-40-36(38)30-33(5)37(39)41-32-35(27-23-17-13-9-4)29-25-21-19-15-11-7-2/h18-21,39H,4-17,22-38H2,1-3H3;33-35H,6-32H2,1-5H3. The third-order valence-corrected chi connectivity index (χ3v) is 17.4. The fraction of sp³-hybridized carbons (Fsp3) is 0.897. The van der Waals surface area contributed by atoms with Crippen LogP contribution in [0.3, 0.4) is 0 Å². The van der Waals surface area contributed by atoms with Crippen LogP contribution < -0.4 is 0 Å². The smallest absolute Gasteiger partial charge is 0.309 e. The highest BCUT2D eigenvalue weighted by Crippen LogP contribution is 2.23. The van der Waals surface area contributed by atoms with E-state index in [1.165, 1.54) is 283 Å². The topological polar surface area (TPSA) is 105 Å². The van der Waals surface area contributed by atoms with Gasteiger partial charge < -0.3 is 18.9 Å². The van der Waals surface area contributed by atoms with Crippen LogP contribution in [-0.2, 0) is 38.1 Å². The van der Waals surface area contributed by atoms with Crippen LogP contribution >= 0.6 is 0 Å². The molecule has 0 aliphatic carbocycles. The van der Waals surface area contributed by atoms with E-state index in [4.69, 9.17) is 18.9 Å². The van der Waals surface area contributed by atoms with Gasteiger partial charge in [0.15, 0.2) is 0 Å². The van der Waals surface area contributed by atoms with Crippen LogP contribution in [-0.4, -0.2) is 50.3 Å². The zero-order valence-corrected chi connectivity index (χ0v) is 58.9. The molecule has 0 aromatic carbocycles. The van der Waals surface area contributed by atoms with E-state index in [0.717, 1.165) is 51.4 Å². The zero-order chi connectivity index (χ0) is 63.3. The normalized spacial score (nSPS) is 12.9. The maximum Gasteiger partial charge on any atom is 0.309 e. The molecular formula is C78H148O8. The van der Waals surface area contributed by atoms with Crippen molar-refractivity contribution in [2.45, 2.75) is 402 Å². The fourth-order valence-electron chi connectivity index (χ4n) is 11.3. The molecule has 0 spiro atoms. The average molecular weight is 1210 g/mol. The number of rotatable bonds is 66. The van der Waals surface area contributed by atoms with Crippen molar-refractivity contribution in [2.75, 3.05) is 26.4 Å². The Morgan fingerprint density at radius 2 is 0.500 bits per heavy atom. The number of esters is 4. The molecule has 0 fully saturated rings. The van der Waals surface area contributed by atoms with E-state index >= 15 is 0 Å². The highest BCUT2D eigenvalue weighted by molar-refractivity contribution is 5.80. The molecule has 0 aromatic heterocycles. The van der Waals surface area contributed by atoms with Crippen molar-refractivity contribution < 1.29 is 38.1 Å². The molecule has 0 radical (unpaired) electrons. The number of carbonyl (C=O) groups is 4. The minimum absolute atomic E-state index is 0.110. The van der Waals surface area contributed by atoms with E-state index in [1.807, 2.05) is 6.92 Å². The molecular weight excluding hydrogens is 1060 g/mol. The van der Waals surface area contributed by atoms with Gasteiger partial charge in [-0.25, -0.2) is 0 Å². The lowest BCUT2D eigenvalue weighted by atomic mass is 9.95. The van der Waals surface area contributed by atoms with E-state index in [-0.39, 0.29) is 36.7 Å². The Morgan fingerprint density at radius 3 is 0.826 bits per heavy atom. The van der Waals surface area contributed by atoms with E-state index in [9.17, 15) is 19.2 Å². The molecule has 0 aliphatic heterocycles. The van der Waals surface area contributed by atoms with E-state index in [2.05, 4.69) is 65.8 Å². The van der Waals surface area contributed by atoms with Crippen molar-refractivity contribution in [3.05, 3.63) is 24.3 Å². The summed E-state index contributed by atoms with van der Waals surface area (Å²) in [5.41, 5.74) is 0. The van der Waals surface area contributed by atoms with Gasteiger partial charge in [0, 0.05) is 0 Å². The number of ether oxygens (including phenoxy) is 4. The number of hydrogen-bond acceptors (Lipinski definition) is 8. The Kier molecular flexibility index (Phi) is 71.0. The van der Waals surface area contributed by atoms with Crippen LogP contribution in [0.4, 0.5) is 0 Å². The molecule has 86 heavy (non-hydrogen) atoms. The average Bonchev–Trinajstić information content (AvgIpc) is 3.55. The minimum Gasteiger partial charge on any atom is -0.466 e. The van der Waals surface area contributed by atoms with Crippen molar-refractivity contribution in [3.63, 3.8) is 0 Å². The Morgan fingerprint density at radius 1 is 0.267 bits per heavy atom. The summed E-state index contributed by atoms with van der Waals surface area (Å²) < 4.78 is 22.3. The summed E-state index contributed by atoms with van der Waals surface area (Å²) in [6.07, 6.45) is 75.0. The summed E-state index contributed by atoms with van der Waals surface area (Å²) in [6.45, 7) is 19.0. The van der Waals surface area contributed by atoms with Gasteiger partial charge in [-0.2, -0.15) is 0 Å². The number of hydrogen-bond donors (Lipinski definition) is 0. The molecule has 4 atom stereocenters. The predicted molar refractivity (Wildman–Crippen MR) is 371 cm³/mol. The van der Waals surface area contributed by atoms with Crippen molar-refractivity contribution in [1.29, 1.82) is 0 Å². The van der Waals surface area contributed by atoms with Gasteiger partial charge >= 0.3 is 23.9 Å². The number of allylic oxidation sites excluding steroid dienone is 4. The molecule has 0 saturated carbocycles. The first-order valence-corrected chi connectivity index (χ1v) is 38.0. The van der Waals surface area contributed by atoms with Gasteiger partial charge in [-0.1, -0.05) is 324 Å². The number of unbranched alkanes of at least 4 members (excludes halogenated alkanes) is 40. The Balaban J connectivity index is 0. The fourth-order valence-corrected chi connectivity index (χ4v) is 11.3. The second-order valence-electron chi connectivity index (χ2n) is 26.3. The Hall–Kier alpha value is -2.64. The van der Waals surface area contributed by atoms with Crippen LogP contribution in [0.2, 0.25) is 0 Å². The van der Waals surface area contributed by atoms with Gasteiger partial charge in [0.2, 0.25) is 0 Å². The first-order valence-electron chi connectivity index (χ1n) is 38.0. The molecule has 0 N–H and O–H groups in total. The second kappa shape index (κ2) is 71.4. The van der Waals surface area contributed by atoms with Crippen molar-refractivity contribution >= 4 is 23.9 Å². The van der Waals surface area contributed by atoms with Gasteiger partial charge in [0.1, 0.15) is 0 Å². The van der Waals surface area contributed by atoms with Crippen molar-refractivity contribution in [3.8, 4) is 0 Å². The Bertz CT molecular complexity index is 1470. The van der Waals surface area contributed by atoms with Gasteiger partial charge in [-0.05, 0) is 102 Å². The van der Waals surface area contributed by atoms with Gasteiger partial charge in [0.25, 0.3) is 0 Å². The van der Waals surface area contributed by atoms with E-state index in [0.29, 0.717) is 38.3 Å². The van der Waals surface area contributed by atoms with E-state index in [1.54, 1.807) is 6.92 Å². The SMILES string of the molecule is CCCCCCCCC(CCCCCC)COC(=O)CC(C)C(=O)OCC(CCCCCC)CCCCCCCC.CCCCCCCCC=CCCCCCCCCOC(=O)CC(C)C(=O)OCCCCCCCCC=CCCCCCCCC. The van der Waals surface area contributed by atoms with E-state index < -0.39 is 11.8 Å². The molecule has 0 saturated heterocycles. The summed E-state index contributed by atoms with van der Waals surface area (Å²) >= 11 is 0. The second-order valence-corrected chi connectivity index (χ2v) is 26.3. The summed E-state index contributed by atoms with van der Waals surface area (Å²) in [5, 5.41) is 0. The van der Waals surface area contributed by atoms with Crippen LogP contribution in [0.15, 0.2) is 24.3 Å². The molecule has 0 aromatic rings. The molecule has 8 nitrogen and oxygen atoms in total. The molecule has 4 unspecified atom stereocenters. The van der Waals surface area contributed by atoms with Crippen molar-refractivity contribution in [1.82, 2.24) is 0 Å². The lowest BCUT2D eigenvalue weighted by molar-refractivity contribution is -0.156. The highest BCUT2D eigenvalue weighted by atomic mass is 16.5. The maximum atomic E-state index is 12.8. The lowest BCUT2D eigenvalue weighted by Gasteiger charge is -2.19. The van der Waals surface area contributed by atoms with Crippen LogP contribution in [0.25, 0.3) is 0 Å². The minimum atomic E-state index is -0.446. The zero-order valence-electron chi connectivity index (χ0n) is 58.9. The third kappa shape index (κ3) is 65.8. The summed E-state index contributed by atoms with van der Waals surface area (Å²) in [5.74, 6) is -1.06. The van der Waals surface area contributed by atoms with Gasteiger partial charge in [0.05, 0.1) is 51.1 Å². The van der Waals surface area contributed by atoms with Crippen molar-refractivity contribution in [2.24, 2.45) is 23.7 Å². The molecule has 0 heterocycles. The molecule has 0 amide bonds. The third-order valence-electron chi connectivity index (χ3n) is 17.4. The quantitative estimate of drug-likeness (QED) is 0.0257. The molecule has 0 bridgehead atoms. The summed E-state index contributed by atoms with van der Waals surface area (Å²) in [6, 6.07) is 0. The maximum absolute atomic E-state index is 12.8. The predicted octanol–water partition coefficient (Wildman–Crippen LogP) is 24.9. The van der Waals surface area contributed by atoms with Crippen LogP contribution in [0.1, 0.15) is 402 Å². The monoisotopic (exact) mass is 1210 g/mol. The van der Waals surface area contributed by atoms with Crippen LogP contribution in [0, 0.1) is 23.7 Å². The largest absolute Gasteiger partial charge is 0.466 e. The lowest BCUT2D eigenvalue weighted by Crippen LogP contribution is -2.23. The van der Waals surface area contributed by atoms with Crippen LogP contribution in [0.5, 0.6) is 0 Å². The Labute approximate surface area is 536 Å². The first kappa shape index (κ1) is 85.4. The molecule has 508 valence electrons. The van der Waals surface area contributed by atoms with Gasteiger partial charge in [-0.15, -0.1) is 0 Å². The molecule has 8 heteroatoms. The summed E-state index contributed by atoms with van der Waals surface area (Å²) in [7, 11) is 0.